The Morgan fingerprint density at radius 2 is 1.50 bits per heavy atom. The number of hydrogen-bond acceptors (Lipinski definition) is 12. The van der Waals surface area contributed by atoms with E-state index < -0.39 is 88.6 Å². The van der Waals surface area contributed by atoms with E-state index in [1.165, 1.54) is 45.9 Å². The molecular formula is C26H34O12. The first-order chi connectivity index (χ1) is 17.4. The molecule has 4 rings (SSSR count). The zero-order valence-corrected chi connectivity index (χ0v) is 22.3. The lowest BCUT2D eigenvalue weighted by Crippen LogP contribution is -2.68. The highest BCUT2D eigenvalue weighted by Crippen LogP contribution is 2.65. The first kappa shape index (κ1) is 28.2. The van der Waals surface area contributed by atoms with Crippen LogP contribution in [0.2, 0.25) is 0 Å². The molecule has 3 N–H and O–H groups in total. The highest BCUT2D eigenvalue weighted by Gasteiger charge is 2.87. The molecule has 2 heterocycles. The van der Waals surface area contributed by atoms with Crippen molar-refractivity contribution >= 4 is 23.9 Å². The van der Waals surface area contributed by atoms with E-state index in [1.807, 2.05) is 0 Å². The van der Waals surface area contributed by atoms with E-state index in [4.69, 9.17) is 23.7 Å². The van der Waals surface area contributed by atoms with Gasteiger partial charge in [-0.1, -0.05) is 19.1 Å². The van der Waals surface area contributed by atoms with Gasteiger partial charge >= 0.3 is 23.9 Å². The summed E-state index contributed by atoms with van der Waals surface area (Å²) in [6.07, 6.45) is -4.55. The first-order valence-corrected chi connectivity index (χ1v) is 12.3. The van der Waals surface area contributed by atoms with Crippen molar-refractivity contribution in [2.24, 2.45) is 11.3 Å². The zero-order valence-electron chi connectivity index (χ0n) is 22.3. The number of rotatable bonds is 3. The van der Waals surface area contributed by atoms with Crippen LogP contribution in [0.15, 0.2) is 23.8 Å². The fourth-order valence-corrected chi connectivity index (χ4v) is 6.55. The average molecular weight is 539 g/mol. The summed E-state index contributed by atoms with van der Waals surface area (Å²) in [6, 6.07) is 0. The second kappa shape index (κ2) is 8.87. The van der Waals surface area contributed by atoms with E-state index in [-0.39, 0.29) is 5.57 Å². The summed E-state index contributed by atoms with van der Waals surface area (Å²) in [6.45, 7) is 9.23. The van der Waals surface area contributed by atoms with Crippen LogP contribution in [0.25, 0.3) is 0 Å². The number of esters is 4. The number of fused-ring (bicyclic) bond motifs is 1. The van der Waals surface area contributed by atoms with Gasteiger partial charge in [-0.05, 0) is 32.4 Å². The Bertz CT molecular complexity index is 1130. The molecule has 1 spiro atoms. The summed E-state index contributed by atoms with van der Waals surface area (Å²) in [5.74, 6) is -4.41. The Labute approximate surface area is 219 Å². The molecule has 2 saturated heterocycles. The number of epoxide rings is 1. The Morgan fingerprint density at radius 1 is 0.947 bits per heavy atom. The Kier molecular flexibility index (Phi) is 6.58. The fourth-order valence-electron chi connectivity index (χ4n) is 6.55. The van der Waals surface area contributed by atoms with E-state index in [0.717, 1.165) is 20.8 Å². The summed E-state index contributed by atoms with van der Waals surface area (Å²) < 4.78 is 28.5. The van der Waals surface area contributed by atoms with Gasteiger partial charge in [0.25, 0.3) is 0 Å². The number of hydrogen-bond donors (Lipinski definition) is 3. The molecule has 12 nitrogen and oxygen atoms in total. The summed E-state index contributed by atoms with van der Waals surface area (Å²) in [5.41, 5.74) is -6.67. The minimum atomic E-state index is -2.07. The summed E-state index contributed by atoms with van der Waals surface area (Å²) in [5, 5.41) is 34.3. The van der Waals surface area contributed by atoms with Gasteiger partial charge in [0.05, 0.1) is 5.60 Å². The lowest BCUT2D eigenvalue weighted by molar-refractivity contribution is -0.226. The van der Waals surface area contributed by atoms with Gasteiger partial charge in [-0.3, -0.25) is 14.4 Å². The van der Waals surface area contributed by atoms with Gasteiger partial charge in [0.2, 0.25) is 0 Å². The quantitative estimate of drug-likeness (QED) is 0.188. The number of aliphatic hydroxyl groups excluding tert-OH is 2. The fraction of sp³-hybridized carbons (Fsp3) is 0.692. The van der Waals surface area contributed by atoms with Gasteiger partial charge in [-0.15, -0.1) is 0 Å². The Hall–Kier alpha value is -2.80. The maximum absolute atomic E-state index is 13.0. The van der Waals surface area contributed by atoms with Crippen LogP contribution < -0.4 is 0 Å². The molecule has 0 aromatic carbocycles. The third-order valence-corrected chi connectivity index (χ3v) is 8.36. The molecule has 12 heteroatoms. The van der Waals surface area contributed by atoms with E-state index >= 15 is 0 Å². The van der Waals surface area contributed by atoms with Crippen molar-refractivity contribution in [3.63, 3.8) is 0 Å². The largest absolute Gasteiger partial charge is 0.459 e. The molecule has 0 aromatic heterocycles. The van der Waals surface area contributed by atoms with Crippen molar-refractivity contribution in [2.45, 2.75) is 102 Å². The Balaban J connectivity index is 2.07. The topological polar surface area (TPSA) is 178 Å². The van der Waals surface area contributed by atoms with Crippen molar-refractivity contribution in [2.75, 3.05) is 0 Å². The molecular weight excluding hydrogens is 504 g/mol. The third kappa shape index (κ3) is 3.88. The maximum Gasteiger partial charge on any atom is 0.342 e. The van der Waals surface area contributed by atoms with Gasteiger partial charge in [-0.2, -0.15) is 0 Å². The molecule has 210 valence electrons. The van der Waals surface area contributed by atoms with Crippen LogP contribution in [-0.2, 0) is 42.9 Å². The van der Waals surface area contributed by atoms with E-state index in [0.29, 0.717) is 0 Å². The smallest absolute Gasteiger partial charge is 0.342 e. The third-order valence-electron chi connectivity index (χ3n) is 8.36. The first-order valence-electron chi connectivity index (χ1n) is 12.3. The van der Waals surface area contributed by atoms with Gasteiger partial charge in [0.1, 0.15) is 24.4 Å². The Morgan fingerprint density at radius 3 is 2.03 bits per heavy atom. The number of carbonyl (C=O) groups is 4. The standard InChI is InChI=1S/C26H34O12/c1-11-10-16-26(25(7,38-26)22(32)37-16)21(36-14(4)29)19-23(5,9-8-15(30)24(19,6)33)20(35-13(3)28)17(31)18(11)34-12(2)27/h8-10,15-21,30-31,33H,1-7H3/b11-10-/t15-,16+,17-,18+,19-,20+,21+,23+,24-,25+,26+/m1/s1. The average Bonchev–Trinajstić information content (AvgIpc) is 3.38. The number of carbonyl (C=O) groups excluding carboxylic acids is 4. The monoisotopic (exact) mass is 538 g/mol. The van der Waals surface area contributed by atoms with Crippen LogP contribution in [0, 0.1) is 11.3 Å². The summed E-state index contributed by atoms with van der Waals surface area (Å²) in [4.78, 5) is 49.8. The van der Waals surface area contributed by atoms with Crippen LogP contribution in [0.4, 0.5) is 0 Å². The second-order valence-corrected chi connectivity index (χ2v) is 11.1. The molecule has 38 heavy (non-hydrogen) atoms. The predicted octanol–water partition coefficient (Wildman–Crippen LogP) is -0.140. The maximum atomic E-state index is 13.0. The van der Waals surface area contributed by atoms with Crippen LogP contribution >= 0.6 is 0 Å². The summed E-state index contributed by atoms with van der Waals surface area (Å²) in [7, 11) is 0. The highest BCUT2D eigenvalue weighted by molar-refractivity contribution is 5.89. The minimum Gasteiger partial charge on any atom is -0.459 e. The van der Waals surface area contributed by atoms with Gasteiger partial charge in [-0.25, -0.2) is 4.79 Å². The number of ether oxygens (including phenoxy) is 5. The molecule has 4 aliphatic rings. The van der Waals surface area contributed by atoms with Crippen LogP contribution in [0.1, 0.15) is 48.5 Å². The molecule has 2 fully saturated rings. The van der Waals surface area contributed by atoms with Crippen molar-refractivity contribution in [1.29, 1.82) is 0 Å². The van der Waals surface area contributed by atoms with Crippen molar-refractivity contribution in [3.05, 3.63) is 23.8 Å². The van der Waals surface area contributed by atoms with E-state index in [1.54, 1.807) is 0 Å². The lowest BCUT2D eigenvalue weighted by Gasteiger charge is -2.55. The van der Waals surface area contributed by atoms with Crippen molar-refractivity contribution in [3.8, 4) is 0 Å². The molecule has 2 aliphatic heterocycles. The molecule has 0 aromatic rings. The van der Waals surface area contributed by atoms with Crippen molar-refractivity contribution < 1.29 is 58.2 Å². The van der Waals surface area contributed by atoms with Crippen molar-refractivity contribution in [1.82, 2.24) is 0 Å². The molecule has 0 amide bonds. The van der Waals surface area contributed by atoms with Crippen LogP contribution in [-0.4, -0.2) is 92.6 Å². The lowest BCUT2D eigenvalue weighted by atomic mass is 9.55. The van der Waals surface area contributed by atoms with E-state index in [9.17, 15) is 34.5 Å². The zero-order chi connectivity index (χ0) is 28.6. The van der Waals surface area contributed by atoms with Crippen LogP contribution in [0.5, 0.6) is 0 Å². The predicted molar refractivity (Wildman–Crippen MR) is 126 cm³/mol. The van der Waals surface area contributed by atoms with E-state index in [2.05, 4.69) is 0 Å². The minimum absolute atomic E-state index is 0.247. The van der Waals surface area contributed by atoms with Crippen LogP contribution in [0.3, 0.4) is 0 Å². The second-order valence-electron chi connectivity index (χ2n) is 11.1. The molecule has 0 bridgehead atoms. The van der Waals surface area contributed by atoms with Gasteiger partial charge < -0.3 is 39.0 Å². The normalized spacial score (nSPS) is 48.7. The number of aliphatic hydroxyl groups is 3. The highest BCUT2D eigenvalue weighted by atomic mass is 16.7. The summed E-state index contributed by atoms with van der Waals surface area (Å²) >= 11 is 0. The van der Waals surface area contributed by atoms with Gasteiger partial charge in [0.15, 0.2) is 23.4 Å². The molecule has 0 radical (unpaired) electrons. The van der Waals surface area contributed by atoms with Gasteiger partial charge in [0, 0.05) is 32.1 Å². The molecule has 0 saturated carbocycles. The molecule has 11 atom stereocenters. The molecule has 0 unspecified atom stereocenters. The molecule has 2 aliphatic carbocycles. The SMILES string of the molecule is CC(=O)O[C@H]1/C(C)=C\[C@@H]2OC(=O)[C@]3(C)O[C@]23[C@@H](OC(C)=O)[C@H]2[C@](C)(O)[C@H](O)C=C[C@]2(C)[C@@H](OC(C)=O)[C@@H]1O.